The number of imidazole rings is 1. The van der Waals surface area contributed by atoms with Crippen molar-refractivity contribution in [3.8, 4) is 0 Å². The van der Waals surface area contributed by atoms with Crippen molar-refractivity contribution in [1.82, 2.24) is 9.55 Å². The lowest BCUT2D eigenvalue weighted by atomic mass is 10.4. The zero-order valence-electron chi connectivity index (χ0n) is 11.8. The van der Waals surface area contributed by atoms with Crippen molar-refractivity contribution in [3.63, 3.8) is 0 Å². The SMILES string of the molecule is Cn1cc(Br)nc1CP(c1ccccc1)c1ccccc1. The van der Waals surface area contributed by atoms with E-state index in [9.17, 15) is 0 Å². The van der Waals surface area contributed by atoms with Gasteiger partial charge in [0.1, 0.15) is 10.4 Å². The van der Waals surface area contributed by atoms with Crippen molar-refractivity contribution in [1.29, 1.82) is 0 Å². The molecule has 0 aliphatic heterocycles. The van der Waals surface area contributed by atoms with Crippen LogP contribution in [-0.4, -0.2) is 9.55 Å². The fourth-order valence-corrected chi connectivity index (χ4v) is 5.12. The molecule has 1 aromatic heterocycles. The Morgan fingerprint density at radius 3 is 1.90 bits per heavy atom. The summed E-state index contributed by atoms with van der Waals surface area (Å²) in [5, 5.41) is 2.77. The number of aryl methyl sites for hydroxylation is 1. The van der Waals surface area contributed by atoms with Gasteiger partial charge in [-0.3, -0.25) is 0 Å². The van der Waals surface area contributed by atoms with Crippen molar-refractivity contribution in [3.05, 3.63) is 77.3 Å². The fraction of sp³-hybridized carbons (Fsp3) is 0.118. The topological polar surface area (TPSA) is 17.8 Å². The van der Waals surface area contributed by atoms with Crippen LogP contribution in [0.15, 0.2) is 71.5 Å². The van der Waals surface area contributed by atoms with Crippen LogP contribution in [0, 0.1) is 0 Å². The summed E-state index contributed by atoms with van der Waals surface area (Å²) in [6.07, 6.45) is 2.96. The summed E-state index contributed by atoms with van der Waals surface area (Å²) in [7, 11) is 1.62. The molecule has 0 aliphatic carbocycles. The van der Waals surface area contributed by atoms with Crippen LogP contribution in [0.25, 0.3) is 0 Å². The van der Waals surface area contributed by atoms with Crippen LogP contribution in [0.3, 0.4) is 0 Å². The molecule has 0 bridgehead atoms. The number of hydrogen-bond donors (Lipinski definition) is 0. The Labute approximate surface area is 134 Å². The highest BCUT2D eigenvalue weighted by Crippen LogP contribution is 2.37. The summed E-state index contributed by atoms with van der Waals surface area (Å²) in [4.78, 5) is 4.60. The molecule has 0 saturated heterocycles. The number of halogens is 1. The molecule has 3 rings (SSSR count). The standard InChI is InChI=1S/C17H16BrN2P/c1-20-12-16(18)19-17(20)13-21(14-8-4-2-5-9-14)15-10-6-3-7-11-15/h2-12H,13H2,1H3. The van der Waals surface area contributed by atoms with Gasteiger partial charge in [-0.2, -0.15) is 0 Å². The molecule has 3 aromatic rings. The highest BCUT2D eigenvalue weighted by atomic mass is 79.9. The van der Waals surface area contributed by atoms with Gasteiger partial charge >= 0.3 is 0 Å². The normalized spacial score (nSPS) is 11.0. The van der Waals surface area contributed by atoms with E-state index in [0.717, 1.165) is 16.6 Å². The first-order valence-corrected chi connectivity index (χ1v) is 9.11. The number of nitrogens with zero attached hydrogens (tertiary/aromatic N) is 2. The quantitative estimate of drug-likeness (QED) is 0.648. The van der Waals surface area contributed by atoms with Gasteiger partial charge < -0.3 is 4.57 Å². The predicted molar refractivity (Wildman–Crippen MR) is 93.7 cm³/mol. The minimum atomic E-state index is -0.434. The first-order valence-electron chi connectivity index (χ1n) is 6.79. The summed E-state index contributed by atoms with van der Waals surface area (Å²) in [6, 6.07) is 21.5. The predicted octanol–water partition coefficient (Wildman–Crippen LogP) is 3.82. The maximum atomic E-state index is 4.60. The second-order valence-corrected chi connectivity index (χ2v) is 7.87. The van der Waals surface area contributed by atoms with Gasteiger partial charge in [0.15, 0.2) is 0 Å². The van der Waals surface area contributed by atoms with Gasteiger partial charge in [0, 0.05) is 19.4 Å². The van der Waals surface area contributed by atoms with E-state index < -0.39 is 7.92 Å². The van der Waals surface area contributed by atoms with Gasteiger partial charge in [0.05, 0.1) is 0 Å². The van der Waals surface area contributed by atoms with Gasteiger partial charge in [0.2, 0.25) is 0 Å². The highest BCUT2D eigenvalue weighted by Gasteiger charge is 2.16. The largest absolute Gasteiger partial charge is 0.336 e. The summed E-state index contributed by atoms with van der Waals surface area (Å²) in [5.41, 5.74) is 0. The maximum absolute atomic E-state index is 4.60. The number of hydrogen-bond acceptors (Lipinski definition) is 1. The van der Waals surface area contributed by atoms with Crippen molar-refractivity contribution >= 4 is 34.5 Å². The van der Waals surface area contributed by atoms with Crippen LogP contribution in [0.5, 0.6) is 0 Å². The van der Waals surface area contributed by atoms with Crippen LogP contribution in [0.2, 0.25) is 0 Å². The fourth-order valence-electron chi connectivity index (χ4n) is 2.30. The van der Waals surface area contributed by atoms with E-state index in [-0.39, 0.29) is 0 Å². The molecule has 2 aromatic carbocycles. The Balaban J connectivity index is 1.99. The average Bonchev–Trinajstić information content (AvgIpc) is 2.84. The molecule has 1 heterocycles. The lowest BCUT2D eigenvalue weighted by molar-refractivity contribution is 0.848. The van der Waals surface area contributed by atoms with Gasteiger partial charge in [-0.1, -0.05) is 60.7 Å². The molecule has 4 heteroatoms. The Hall–Kier alpha value is -1.44. The van der Waals surface area contributed by atoms with Crippen LogP contribution in [0.1, 0.15) is 5.82 Å². The van der Waals surface area contributed by atoms with E-state index >= 15 is 0 Å². The van der Waals surface area contributed by atoms with Crippen molar-refractivity contribution in [2.75, 3.05) is 0 Å². The van der Waals surface area contributed by atoms with Gasteiger partial charge in [0.25, 0.3) is 0 Å². The molecule has 106 valence electrons. The highest BCUT2D eigenvalue weighted by molar-refractivity contribution is 9.10. The molecule has 0 atom stereocenters. The molecule has 0 unspecified atom stereocenters. The maximum Gasteiger partial charge on any atom is 0.124 e. The van der Waals surface area contributed by atoms with Crippen LogP contribution >= 0.6 is 23.9 Å². The molecular weight excluding hydrogens is 343 g/mol. The minimum Gasteiger partial charge on any atom is -0.336 e. The number of rotatable bonds is 4. The zero-order chi connectivity index (χ0) is 14.7. The number of aromatic nitrogens is 2. The number of benzene rings is 2. The minimum absolute atomic E-state index is 0.434. The van der Waals surface area contributed by atoms with Gasteiger partial charge in [-0.15, -0.1) is 0 Å². The molecule has 21 heavy (non-hydrogen) atoms. The first-order chi connectivity index (χ1) is 10.2. The summed E-state index contributed by atoms with van der Waals surface area (Å²) in [5.74, 6) is 1.11. The third-order valence-corrected chi connectivity index (χ3v) is 6.20. The van der Waals surface area contributed by atoms with E-state index in [2.05, 4.69) is 93.2 Å². The molecule has 0 spiro atoms. The summed E-state index contributed by atoms with van der Waals surface area (Å²) >= 11 is 3.46. The van der Waals surface area contributed by atoms with Gasteiger partial charge in [-0.25, -0.2) is 4.98 Å². The van der Waals surface area contributed by atoms with Crippen LogP contribution in [0.4, 0.5) is 0 Å². The summed E-state index contributed by atoms with van der Waals surface area (Å²) < 4.78 is 3.00. The average molecular weight is 359 g/mol. The molecular formula is C17H16BrN2P. The second kappa shape index (κ2) is 6.55. The van der Waals surface area contributed by atoms with E-state index in [1.807, 2.05) is 6.20 Å². The van der Waals surface area contributed by atoms with Crippen molar-refractivity contribution in [2.24, 2.45) is 7.05 Å². The lowest BCUT2D eigenvalue weighted by Gasteiger charge is -2.18. The van der Waals surface area contributed by atoms with E-state index in [1.165, 1.54) is 10.6 Å². The van der Waals surface area contributed by atoms with E-state index in [4.69, 9.17) is 0 Å². The van der Waals surface area contributed by atoms with Crippen LogP contribution < -0.4 is 10.6 Å². The smallest absolute Gasteiger partial charge is 0.124 e. The van der Waals surface area contributed by atoms with Crippen molar-refractivity contribution < 1.29 is 0 Å². The molecule has 0 fully saturated rings. The molecule has 0 saturated carbocycles. The monoisotopic (exact) mass is 358 g/mol. The third-order valence-electron chi connectivity index (χ3n) is 3.38. The molecule has 0 N–H and O–H groups in total. The van der Waals surface area contributed by atoms with E-state index in [0.29, 0.717) is 0 Å². The Morgan fingerprint density at radius 1 is 0.952 bits per heavy atom. The molecule has 0 radical (unpaired) electrons. The Kier molecular flexibility index (Phi) is 4.52. The molecule has 2 nitrogen and oxygen atoms in total. The summed E-state index contributed by atoms with van der Waals surface area (Å²) in [6.45, 7) is 0. The second-order valence-electron chi connectivity index (χ2n) is 4.85. The van der Waals surface area contributed by atoms with Crippen molar-refractivity contribution in [2.45, 2.75) is 6.16 Å². The lowest BCUT2D eigenvalue weighted by Crippen LogP contribution is -2.14. The first kappa shape index (κ1) is 14.5. The van der Waals surface area contributed by atoms with Gasteiger partial charge in [-0.05, 0) is 34.5 Å². The molecule has 0 aliphatic rings. The third kappa shape index (κ3) is 3.42. The zero-order valence-corrected chi connectivity index (χ0v) is 14.3. The van der Waals surface area contributed by atoms with Crippen LogP contribution in [-0.2, 0) is 13.2 Å². The molecule has 0 amide bonds. The Bertz CT molecular complexity index is 671. The Morgan fingerprint density at radius 2 is 1.48 bits per heavy atom. The van der Waals surface area contributed by atoms with E-state index in [1.54, 1.807) is 0 Å².